The monoisotopic (exact) mass is 330 g/mol. The Morgan fingerprint density at radius 2 is 1.87 bits per heavy atom. The van der Waals surface area contributed by atoms with Crippen LogP contribution < -0.4 is 14.9 Å². The lowest BCUT2D eigenvalue weighted by Gasteiger charge is -2.44. The summed E-state index contributed by atoms with van der Waals surface area (Å²) in [5.41, 5.74) is 0. The van der Waals surface area contributed by atoms with Crippen molar-refractivity contribution in [3.05, 3.63) is 35.5 Å². The topological polar surface area (TPSA) is 51.2 Å². The fourth-order valence-corrected chi connectivity index (χ4v) is 4.44. The molecular weight excluding hydrogens is 308 g/mol. The van der Waals surface area contributed by atoms with Crippen LogP contribution in [-0.2, 0) is 0 Å². The van der Waals surface area contributed by atoms with Crippen LogP contribution in [0.4, 0.5) is 11.6 Å². The zero-order chi connectivity index (χ0) is 15.7. The molecule has 4 rings (SSSR count). The Labute approximate surface area is 140 Å². The molecule has 122 valence electrons. The molecule has 2 aliphatic rings. The van der Waals surface area contributed by atoms with E-state index in [0.717, 1.165) is 54.3 Å². The Morgan fingerprint density at radius 1 is 1.13 bits per heavy atom. The number of thioether (sulfide) groups is 1. The third kappa shape index (κ3) is 2.92. The smallest absolute Gasteiger partial charge is 0.237 e. The van der Waals surface area contributed by atoms with Gasteiger partial charge in [-0.2, -0.15) is 16.7 Å². The number of aromatic nitrogens is 1. The first kappa shape index (κ1) is 15.2. The maximum absolute atomic E-state index is 13.4. The van der Waals surface area contributed by atoms with Gasteiger partial charge in [-0.15, -0.1) is 0 Å². The third-order valence-electron chi connectivity index (χ3n) is 4.73. The normalized spacial score (nSPS) is 21.5. The standard InChI is InChI=1S/C17H22N4OS/c22-21(9-11-23-12-10-21)17-15-4-2-1-3-14(15)13-16(19-17)20-7-5-18-6-8-20/h1-4,13,18H,5-12H2. The summed E-state index contributed by atoms with van der Waals surface area (Å²) in [6, 6.07) is 10.3. The van der Waals surface area contributed by atoms with Crippen LogP contribution in [0.5, 0.6) is 0 Å². The predicted molar refractivity (Wildman–Crippen MR) is 99.0 cm³/mol. The van der Waals surface area contributed by atoms with E-state index in [9.17, 15) is 5.21 Å². The zero-order valence-electron chi connectivity index (χ0n) is 13.2. The molecule has 0 atom stereocenters. The van der Waals surface area contributed by atoms with Crippen molar-refractivity contribution in [2.45, 2.75) is 0 Å². The summed E-state index contributed by atoms with van der Waals surface area (Å²) in [5.74, 6) is 3.48. The molecule has 23 heavy (non-hydrogen) atoms. The number of nitrogens with zero attached hydrogens (tertiary/aromatic N) is 3. The molecular formula is C17H22N4OS. The van der Waals surface area contributed by atoms with Crippen molar-refractivity contribution in [1.29, 1.82) is 0 Å². The predicted octanol–water partition coefficient (Wildman–Crippen LogP) is 2.20. The van der Waals surface area contributed by atoms with Crippen LogP contribution in [0.1, 0.15) is 0 Å². The van der Waals surface area contributed by atoms with Gasteiger partial charge in [0.25, 0.3) is 0 Å². The van der Waals surface area contributed by atoms with E-state index in [1.807, 2.05) is 30.0 Å². The number of hydrogen-bond donors (Lipinski definition) is 1. The van der Waals surface area contributed by atoms with E-state index in [1.165, 1.54) is 0 Å². The zero-order valence-corrected chi connectivity index (χ0v) is 14.0. The van der Waals surface area contributed by atoms with E-state index in [4.69, 9.17) is 4.98 Å². The number of hydrogen-bond acceptors (Lipinski definition) is 5. The molecule has 1 aromatic heterocycles. The fourth-order valence-electron chi connectivity index (χ4n) is 3.38. The summed E-state index contributed by atoms with van der Waals surface area (Å²) in [6.07, 6.45) is 0. The number of benzene rings is 1. The maximum Gasteiger partial charge on any atom is 0.237 e. The van der Waals surface area contributed by atoms with E-state index in [2.05, 4.69) is 22.3 Å². The summed E-state index contributed by atoms with van der Waals surface area (Å²) in [6.45, 7) is 5.06. The van der Waals surface area contributed by atoms with Crippen molar-refractivity contribution in [1.82, 2.24) is 14.9 Å². The van der Waals surface area contributed by atoms with E-state index >= 15 is 0 Å². The van der Waals surface area contributed by atoms with E-state index in [0.29, 0.717) is 18.9 Å². The summed E-state index contributed by atoms with van der Waals surface area (Å²) in [4.78, 5) is 7.16. The minimum absolute atomic E-state index is 0.284. The molecule has 1 aromatic carbocycles. The molecule has 0 spiro atoms. The lowest BCUT2D eigenvalue weighted by molar-refractivity contribution is 0.401. The molecule has 0 saturated carbocycles. The molecule has 2 saturated heterocycles. The second-order valence-corrected chi connectivity index (χ2v) is 7.44. The van der Waals surface area contributed by atoms with E-state index in [-0.39, 0.29) is 4.65 Å². The Bertz CT molecular complexity index is 696. The number of piperazine rings is 1. The lowest BCUT2D eigenvalue weighted by atomic mass is 10.1. The van der Waals surface area contributed by atoms with Crippen LogP contribution in [-0.4, -0.2) is 55.8 Å². The second-order valence-electron chi connectivity index (χ2n) is 6.21. The van der Waals surface area contributed by atoms with Crippen molar-refractivity contribution >= 4 is 34.2 Å². The van der Waals surface area contributed by atoms with E-state index in [1.54, 1.807) is 0 Å². The summed E-state index contributed by atoms with van der Waals surface area (Å²) >= 11 is 1.87. The fraction of sp³-hybridized carbons (Fsp3) is 0.471. The Hall–Kier alpha value is -1.34. The van der Waals surface area contributed by atoms with Gasteiger partial charge in [-0.3, -0.25) is 0 Å². The molecule has 3 heterocycles. The van der Waals surface area contributed by atoms with Crippen LogP contribution in [0.15, 0.2) is 30.3 Å². The van der Waals surface area contributed by atoms with E-state index < -0.39 is 0 Å². The van der Waals surface area contributed by atoms with Crippen molar-refractivity contribution in [2.75, 3.05) is 55.7 Å². The van der Waals surface area contributed by atoms with Gasteiger partial charge >= 0.3 is 0 Å². The average Bonchev–Trinajstić information content (AvgIpc) is 2.62. The van der Waals surface area contributed by atoms with Gasteiger partial charge in [0, 0.05) is 37.7 Å². The Kier molecular flexibility index (Phi) is 4.15. The van der Waals surface area contributed by atoms with Gasteiger partial charge in [0.05, 0.1) is 18.5 Å². The van der Waals surface area contributed by atoms with Crippen LogP contribution in [0, 0.1) is 5.21 Å². The molecule has 0 radical (unpaired) electrons. The summed E-state index contributed by atoms with van der Waals surface area (Å²) in [5, 5.41) is 18.9. The second kappa shape index (κ2) is 6.28. The van der Waals surface area contributed by atoms with Gasteiger partial charge in [-0.1, -0.05) is 18.2 Å². The molecule has 0 amide bonds. The maximum atomic E-state index is 13.4. The summed E-state index contributed by atoms with van der Waals surface area (Å²) in [7, 11) is 0. The molecule has 0 bridgehead atoms. The van der Waals surface area contributed by atoms with Crippen molar-refractivity contribution in [3.63, 3.8) is 0 Å². The molecule has 2 aliphatic heterocycles. The van der Waals surface area contributed by atoms with Crippen LogP contribution in [0.2, 0.25) is 0 Å². The number of pyridine rings is 1. The first-order valence-electron chi connectivity index (χ1n) is 8.28. The minimum atomic E-state index is -0.284. The minimum Gasteiger partial charge on any atom is -0.626 e. The quantitative estimate of drug-likeness (QED) is 0.676. The molecule has 2 aromatic rings. The van der Waals surface area contributed by atoms with Crippen LogP contribution in [0.3, 0.4) is 0 Å². The van der Waals surface area contributed by atoms with Gasteiger partial charge in [0.1, 0.15) is 5.82 Å². The number of quaternary nitrogens is 1. The average molecular weight is 330 g/mol. The highest BCUT2D eigenvalue weighted by molar-refractivity contribution is 7.99. The highest BCUT2D eigenvalue weighted by Gasteiger charge is 2.29. The molecule has 1 N–H and O–H groups in total. The van der Waals surface area contributed by atoms with Gasteiger partial charge < -0.3 is 20.1 Å². The van der Waals surface area contributed by atoms with Gasteiger partial charge in [0.2, 0.25) is 5.82 Å². The molecule has 5 nitrogen and oxygen atoms in total. The van der Waals surface area contributed by atoms with Gasteiger partial charge in [-0.05, 0) is 17.5 Å². The lowest BCUT2D eigenvalue weighted by Crippen LogP contribution is -2.50. The largest absolute Gasteiger partial charge is 0.626 e. The molecule has 0 unspecified atom stereocenters. The van der Waals surface area contributed by atoms with Crippen LogP contribution >= 0.6 is 11.8 Å². The SMILES string of the molecule is [O-][N+]1(c2nc(N3CCNCC3)cc3ccccc23)CCSCC1. The third-order valence-corrected chi connectivity index (χ3v) is 5.67. The van der Waals surface area contributed by atoms with Gasteiger partial charge in [-0.25, -0.2) is 0 Å². The molecule has 0 aliphatic carbocycles. The van der Waals surface area contributed by atoms with Crippen LogP contribution in [0.25, 0.3) is 10.8 Å². The molecule has 2 fully saturated rings. The molecule has 6 heteroatoms. The van der Waals surface area contributed by atoms with Gasteiger partial charge in [0.15, 0.2) is 0 Å². The number of nitrogens with one attached hydrogen (secondary N) is 1. The Balaban J connectivity index is 1.83. The highest BCUT2D eigenvalue weighted by Crippen LogP contribution is 2.34. The number of rotatable bonds is 2. The number of hydroxylamine groups is 2. The first-order chi connectivity index (χ1) is 11.3. The summed E-state index contributed by atoms with van der Waals surface area (Å²) < 4.78 is -0.284. The van der Waals surface area contributed by atoms with Crippen molar-refractivity contribution < 1.29 is 0 Å². The number of fused-ring (bicyclic) bond motifs is 1. The Morgan fingerprint density at radius 3 is 2.65 bits per heavy atom. The first-order valence-corrected chi connectivity index (χ1v) is 9.44. The van der Waals surface area contributed by atoms with Crippen molar-refractivity contribution in [2.24, 2.45) is 0 Å². The van der Waals surface area contributed by atoms with Crippen molar-refractivity contribution in [3.8, 4) is 0 Å². The highest BCUT2D eigenvalue weighted by atomic mass is 32.2. The number of anilines is 1.